The zero-order valence-electron chi connectivity index (χ0n) is 8.41. The first-order valence-electron chi connectivity index (χ1n) is 4.94. The van der Waals surface area contributed by atoms with Crippen molar-refractivity contribution in [1.82, 2.24) is 4.90 Å². The Morgan fingerprint density at radius 1 is 1.77 bits per heavy atom. The van der Waals surface area contributed by atoms with Crippen LogP contribution in [0.1, 0.15) is 13.3 Å². The molecule has 0 saturated carbocycles. The van der Waals surface area contributed by atoms with Crippen LogP contribution in [0.15, 0.2) is 12.7 Å². The first-order chi connectivity index (χ1) is 6.24. The molecular weight excluding hydrogens is 164 g/mol. The molecule has 0 amide bonds. The third kappa shape index (κ3) is 3.46. The lowest BCUT2D eigenvalue weighted by molar-refractivity contribution is -0.0369. The van der Waals surface area contributed by atoms with Crippen molar-refractivity contribution in [2.24, 2.45) is 5.73 Å². The van der Waals surface area contributed by atoms with Crippen molar-refractivity contribution in [3.8, 4) is 0 Å². The quantitative estimate of drug-likeness (QED) is 0.651. The van der Waals surface area contributed by atoms with Gasteiger partial charge >= 0.3 is 0 Å². The van der Waals surface area contributed by atoms with Gasteiger partial charge in [0, 0.05) is 25.7 Å². The van der Waals surface area contributed by atoms with Gasteiger partial charge in [0.1, 0.15) is 0 Å². The number of hydrogen-bond donors (Lipinski definition) is 1. The lowest BCUT2D eigenvalue weighted by Gasteiger charge is -2.34. The van der Waals surface area contributed by atoms with Crippen LogP contribution in [-0.2, 0) is 4.74 Å². The van der Waals surface area contributed by atoms with Crippen molar-refractivity contribution in [2.45, 2.75) is 25.5 Å². The van der Waals surface area contributed by atoms with E-state index in [-0.39, 0.29) is 12.1 Å². The van der Waals surface area contributed by atoms with Crippen LogP contribution in [0.25, 0.3) is 0 Å². The molecule has 0 aliphatic carbocycles. The Morgan fingerprint density at radius 3 is 3.15 bits per heavy atom. The average molecular weight is 184 g/mol. The van der Waals surface area contributed by atoms with Crippen molar-refractivity contribution in [3.63, 3.8) is 0 Å². The second-order valence-corrected chi connectivity index (χ2v) is 3.65. The normalized spacial score (nSPS) is 27.1. The Bertz CT molecular complexity index is 159. The summed E-state index contributed by atoms with van der Waals surface area (Å²) in [6, 6.07) is 0.131. The van der Waals surface area contributed by atoms with Crippen LogP contribution >= 0.6 is 0 Å². The van der Waals surface area contributed by atoms with Gasteiger partial charge in [-0.2, -0.15) is 0 Å². The van der Waals surface area contributed by atoms with Crippen molar-refractivity contribution in [2.75, 3.05) is 26.2 Å². The monoisotopic (exact) mass is 184 g/mol. The van der Waals surface area contributed by atoms with Gasteiger partial charge < -0.3 is 10.5 Å². The van der Waals surface area contributed by atoms with Gasteiger partial charge in [0.2, 0.25) is 0 Å². The van der Waals surface area contributed by atoms with Crippen molar-refractivity contribution in [3.05, 3.63) is 12.7 Å². The van der Waals surface area contributed by atoms with Crippen LogP contribution in [0.4, 0.5) is 0 Å². The standard InChI is InChI=1S/C10H20N2O/c1-3-4-5-12-6-7-13-10(8-12)9(2)11/h3,9-10H,1,4-8,11H2,2H3. The molecule has 1 saturated heterocycles. The molecule has 0 aromatic rings. The Morgan fingerprint density at radius 2 is 2.54 bits per heavy atom. The summed E-state index contributed by atoms with van der Waals surface area (Å²) in [6.45, 7) is 9.60. The van der Waals surface area contributed by atoms with Gasteiger partial charge in [0.05, 0.1) is 12.7 Å². The minimum Gasteiger partial charge on any atom is -0.374 e. The summed E-state index contributed by atoms with van der Waals surface area (Å²) in [4.78, 5) is 2.39. The molecule has 13 heavy (non-hydrogen) atoms. The van der Waals surface area contributed by atoms with Crippen LogP contribution in [0.5, 0.6) is 0 Å². The van der Waals surface area contributed by atoms with E-state index in [1.165, 1.54) is 0 Å². The van der Waals surface area contributed by atoms with E-state index in [0.29, 0.717) is 0 Å². The van der Waals surface area contributed by atoms with Gasteiger partial charge in [0.25, 0.3) is 0 Å². The Kier molecular flexibility index (Phi) is 4.42. The molecular formula is C10H20N2O. The van der Waals surface area contributed by atoms with E-state index in [1.54, 1.807) is 0 Å². The van der Waals surface area contributed by atoms with Crippen LogP contribution in [-0.4, -0.2) is 43.3 Å². The summed E-state index contributed by atoms with van der Waals surface area (Å²) in [5.41, 5.74) is 5.79. The summed E-state index contributed by atoms with van der Waals surface area (Å²) in [6.07, 6.45) is 3.21. The average Bonchev–Trinajstić information content (AvgIpc) is 2.15. The minimum atomic E-state index is 0.131. The lowest BCUT2D eigenvalue weighted by atomic mass is 10.1. The maximum atomic E-state index is 5.79. The van der Waals surface area contributed by atoms with E-state index in [9.17, 15) is 0 Å². The first kappa shape index (κ1) is 10.7. The summed E-state index contributed by atoms with van der Waals surface area (Å²) >= 11 is 0. The van der Waals surface area contributed by atoms with Crippen LogP contribution < -0.4 is 5.73 Å². The predicted molar refractivity (Wildman–Crippen MR) is 54.6 cm³/mol. The highest BCUT2D eigenvalue weighted by Crippen LogP contribution is 2.07. The minimum absolute atomic E-state index is 0.131. The molecule has 1 rings (SSSR count). The van der Waals surface area contributed by atoms with Gasteiger partial charge in [0.15, 0.2) is 0 Å². The van der Waals surface area contributed by atoms with E-state index < -0.39 is 0 Å². The summed E-state index contributed by atoms with van der Waals surface area (Å²) < 4.78 is 5.56. The SMILES string of the molecule is C=CCCN1CCOC(C(C)N)C1. The zero-order chi connectivity index (χ0) is 9.68. The maximum Gasteiger partial charge on any atom is 0.0850 e. The van der Waals surface area contributed by atoms with E-state index in [2.05, 4.69) is 11.5 Å². The van der Waals surface area contributed by atoms with Gasteiger partial charge in [-0.25, -0.2) is 0 Å². The lowest BCUT2D eigenvalue weighted by Crippen LogP contribution is -2.49. The molecule has 0 radical (unpaired) electrons. The molecule has 1 fully saturated rings. The molecule has 0 bridgehead atoms. The summed E-state index contributed by atoms with van der Waals surface area (Å²) in [7, 11) is 0. The predicted octanol–water partition coefficient (Wildman–Crippen LogP) is 0.611. The van der Waals surface area contributed by atoms with Gasteiger partial charge in [-0.1, -0.05) is 6.08 Å². The fourth-order valence-electron chi connectivity index (χ4n) is 1.53. The number of morpholine rings is 1. The fourth-order valence-corrected chi connectivity index (χ4v) is 1.53. The first-order valence-corrected chi connectivity index (χ1v) is 4.94. The summed E-state index contributed by atoms with van der Waals surface area (Å²) in [5, 5.41) is 0. The van der Waals surface area contributed by atoms with Gasteiger partial charge in [-0.3, -0.25) is 4.90 Å². The largest absolute Gasteiger partial charge is 0.374 e. The Hall–Kier alpha value is -0.380. The molecule has 0 spiro atoms. The second-order valence-electron chi connectivity index (χ2n) is 3.65. The van der Waals surface area contributed by atoms with Crippen molar-refractivity contribution in [1.29, 1.82) is 0 Å². The molecule has 2 N–H and O–H groups in total. The van der Waals surface area contributed by atoms with Gasteiger partial charge in [-0.15, -0.1) is 6.58 Å². The molecule has 3 heteroatoms. The number of nitrogens with zero attached hydrogens (tertiary/aromatic N) is 1. The highest BCUT2D eigenvalue weighted by Gasteiger charge is 2.22. The van der Waals surface area contributed by atoms with Crippen molar-refractivity contribution < 1.29 is 4.74 Å². The number of rotatable bonds is 4. The topological polar surface area (TPSA) is 38.5 Å². The fraction of sp³-hybridized carbons (Fsp3) is 0.800. The van der Waals surface area contributed by atoms with E-state index in [0.717, 1.165) is 32.7 Å². The molecule has 76 valence electrons. The Labute approximate surface area is 80.5 Å². The molecule has 2 unspecified atom stereocenters. The third-order valence-electron chi connectivity index (χ3n) is 2.41. The molecule has 3 nitrogen and oxygen atoms in total. The van der Waals surface area contributed by atoms with E-state index in [1.807, 2.05) is 13.0 Å². The van der Waals surface area contributed by atoms with Crippen LogP contribution in [0.3, 0.4) is 0 Å². The number of nitrogens with two attached hydrogens (primary N) is 1. The summed E-state index contributed by atoms with van der Waals surface area (Å²) in [5.74, 6) is 0. The molecule has 2 atom stereocenters. The van der Waals surface area contributed by atoms with Crippen molar-refractivity contribution >= 4 is 0 Å². The third-order valence-corrected chi connectivity index (χ3v) is 2.41. The molecule has 1 heterocycles. The smallest absolute Gasteiger partial charge is 0.0850 e. The Balaban J connectivity index is 2.28. The molecule has 0 aromatic carbocycles. The molecule has 1 aliphatic rings. The zero-order valence-corrected chi connectivity index (χ0v) is 8.41. The van der Waals surface area contributed by atoms with E-state index >= 15 is 0 Å². The maximum absolute atomic E-state index is 5.79. The number of hydrogen-bond acceptors (Lipinski definition) is 3. The van der Waals surface area contributed by atoms with Crippen LogP contribution in [0, 0.1) is 0 Å². The number of ether oxygens (including phenoxy) is 1. The highest BCUT2D eigenvalue weighted by atomic mass is 16.5. The van der Waals surface area contributed by atoms with Gasteiger partial charge in [-0.05, 0) is 13.3 Å². The highest BCUT2D eigenvalue weighted by molar-refractivity contribution is 4.79. The second kappa shape index (κ2) is 5.37. The molecule has 0 aromatic heterocycles. The van der Waals surface area contributed by atoms with E-state index in [4.69, 9.17) is 10.5 Å². The molecule has 1 aliphatic heterocycles. The van der Waals surface area contributed by atoms with Crippen LogP contribution in [0.2, 0.25) is 0 Å².